The molecular formula is C8H14N4O3. The zero-order chi connectivity index (χ0) is 11.3. The van der Waals surface area contributed by atoms with Crippen LogP contribution in [0.3, 0.4) is 0 Å². The third-order valence-corrected chi connectivity index (χ3v) is 2.02. The quantitative estimate of drug-likeness (QED) is 0.435. The van der Waals surface area contributed by atoms with E-state index in [1.165, 1.54) is 0 Å². The van der Waals surface area contributed by atoms with Crippen molar-refractivity contribution in [2.75, 3.05) is 13.1 Å². The molecule has 15 heavy (non-hydrogen) atoms. The van der Waals surface area contributed by atoms with E-state index >= 15 is 0 Å². The van der Waals surface area contributed by atoms with Crippen LogP contribution in [-0.4, -0.2) is 37.0 Å². The predicted molar refractivity (Wildman–Crippen MR) is 51.8 cm³/mol. The lowest BCUT2D eigenvalue weighted by molar-refractivity contribution is -0.119. The Labute approximate surface area is 86.8 Å². The van der Waals surface area contributed by atoms with Crippen molar-refractivity contribution in [2.24, 2.45) is 5.73 Å². The van der Waals surface area contributed by atoms with Crippen molar-refractivity contribution in [3.8, 4) is 0 Å². The van der Waals surface area contributed by atoms with E-state index < -0.39 is 11.9 Å². The van der Waals surface area contributed by atoms with Gasteiger partial charge in [-0.1, -0.05) is 0 Å². The van der Waals surface area contributed by atoms with E-state index in [4.69, 9.17) is 5.73 Å². The van der Waals surface area contributed by atoms with Gasteiger partial charge < -0.3 is 16.4 Å². The minimum absolute atomic E-state index is 0.00924. The largest absolute Gasteiger partial charge is 0.352 e. The fraction of sp³-hybridized carbons (Fsp3) is 0.625. The van der Waals surface area contributed by atoms with Crippen LogP contribution in [0.4, 0.5) is 4.79 Å². The van der Waals surface area contributed by atoms with Crippen LogP contribution in [0.1, 0.15) is 12.8 Å². The van der Waals surface area contributed by atoms with Gasteiger partial charge in [-0.25, -0.2) is 4.79 Å². The van der Waals surface area contributed by atoms with Crippen LogP contribution < -0.4 is 21.7 Å². The minimum Gasteiger partial charge on any atom is -0.352 e. The summed E-state index contributed by atoms with van der Waals surface area (Å²) < 4.78 is 0. The summed E-state index contributed by atoms with van der Waals surface area (Å²) >= 11 is 0. The summed E-state index contributed by atoms with van der Waals surface area (Å²) in [6.07, 6.45) is 1.29. The fourth-order valence-corrected chi connectivity index (χ4v) is 1.37. The highest BCUT2D eigenvalue weighted by molar-refractivity contribution is 5.94. The number of hydrogen-bond acceptors (Lipinski definition) is 4. The van der Waals surface area contributed by atoms with Crippen molar-refractivity contribution in [1.82, 2.24) is 16.0 Å². The maximum Gasteiger partial charge on any atom is 0.318 e. The first kappa shape index (κ1) is 11.4. The molecule has 7 nitrogen and oxygen atoms in total. The molecule has 7 heteroatoms. The minimum atomic E-state index is -0.865. The lowest BCUT2D eigenvalue weighted by Crippen LogP contribution is -2.43. The van der Waals surface area contributed by atoms with E-state index in [2.05, 4.69) is 10.6 Å². The number of imide groups is 1. The Hall–Kier alpha value is -1.63. The molecule has 0 aliphatic carbocycles. The normalized spacial score (nSPS) is 19.7. The molecule has 0 saturated carbocycles. The lowest BCUT2D eigenvalue weighted by Gasteiger charge is -2.10. The molecule has 1 atom stereocenters. The van der Waals surface area contributed by atoms with Gasteiger partial charge in [0, 0.05) is 19.0 Å². The molecule has 1 rings (SSSR count). The van der Waals surface area contributed by atoms with E-state index in [-0.39, 0.29) is 18.5 Å². The molecule has 1 saturated heterocycles. The number of rotatable bonds is 4. The number of primary amides is 1. The summed E-state index contributed by atoms with van der Waals surface area (Å²) in [5.74, 6) is -0.449. The molecule has 1 unspecified atom stereocenters. The highest BCUT2D eigenvalue weighted by atomic mass is 16.2. The van der Waals surface area contributed by atoms with Gasteiger partial charge in [0.05, 0.1) is 6.54 Å². The smallest absolute Gasteiger partial charge is 0.318 e. The van der Waals surface area contributed by atoms with Gasteiger partial charge >= 0.3 is 6.03 Å². The predicted octanol–water partition coefficient (Wildman–Crippen LogP) is -1.95. The van der Waals surface area contributed by atoms with Crippen LogP contribution in [0.2, 0.25) is 0 Å². The van der Waals surface area contributed by atoms with E-state index in [0.29, 0.717) is 13.0 Å². The maximum atomic E-state index is 10.9. The number of amides is 4. The Morgan fingerprint density at radius 2 is 2.27 bits per heavy atom. The van der Waals surface area contributed by atoms with Crippen molar-refractivity contribution in [1.29, 1.82) is 0 Å². The number of urea groups is 1. The van der Waals surface area contributed by atoms with Crippen LogP contribution in [0, 0.1) is 0 Å². The monoisotopic (exact) mass is 214 g/mol. The molecule has 5 N–H and O–H groups in total. The second-order valence-corrected chi connectivity index (χ2v) is 3.35. The molecule has 0 radical (unpaired) electrons. The highest BCUT2D eigenvalue weighted by Crippen LogP contribution is 2.04. The molecule has 1 aliphatic rings. The van der Waals surface area contributed by atoms with Crippen LogP contribution in [0.5, 0.6) is 0 Å². The lowest BCUT2D eigenvalue weighted by atomic mass is 10.2. The van der Waals surface area contributed by atoms with Crippen molar-refractivity contribution >= 4 is 17.8 Å². The molecule has 84 valence electrons. The van der Waals surface area contributed by atoms with Gasteiger partial charge in [0.2, 0.25) is 11.8 Å². The van der Waals surface area contributed by atoms with Gasteiger partial charge in [0.1, 0.15) is 0 Å². The van der Waals surface area contributed by atoms with Crippen LogP contribution in [0.15, 0.2) is 0 Å². The molecule has 0 aromatic rings. The SMILES string of the molecule is NC(=O)NC(=O)CNCC1CCC(=O)N1. The Balaban J connectivity index is 2.08. The second kappa shape index (κ2) is 5.30. The number of nitrogens with one attached hydrogen (secondary N) is 3. The molecule has 1 heterocycles. The van der Waals surface area contributed by atoms with E-state index in [1.807, 2.05) is 5.32 Å². The van der Waals surface area contributed by atoms with Crippen LogP contribution >= 0.6 is 0 Å². The zero-order valence-corrected chi connectivity index (χ0v) is 8.21. The molecule has 1 fully saturated rings. The summed E-state index contributed by atoms with van der Waals surface area (Å²) in [6, 6.07) is -0.796. The van der Waals surface area contributed by atoms with Gasteiger partial charge in [0.15, 0.2) is 0 Å². The van der Waals surface area contributed by atoms with Crippen molar-refractivity contribution < 1.29 is 14.4 Å². The van der Waals surface area contributed by atoms with Gasteiger partial charge in [-0.3, -0.25) is 14.9 Å². The first-order valence-electron chi connectivity index (χ1n) is 4.67. The first-order valence-corrected chi connectivity index (χ1v) is 4.67. The molecule has 1 aliphatic heterocycles. The molecular weight excluding hydrogens is 200 g/mol. The number of carbonyl (C=O) groups excluding carboxylic acids is 3. The average molecular weight is 214 g/mol. The van der Waals surface area contributed by atoms with Crippen molar-refractivity contribution in [3.05, 3.63) is 0 Å². The molecule has 0 bridgehead atoms. The van der Waals surface area contributed by atoms with E-state index in [9.17, 15) is 14.4 Å². The summed E-state index contributed by atoms with van der Waals surface area (Å²) in [4.78, 5) is 32.0. The first-order chi connectivity index (χ1) is 7.08. The maximum absolute atomic E-state index is 10.9. The average Bonchev–Trinajstić information content (AvgIpc) is 2.50. The van der Waals surface area contributed by atoms with Crippen molar-refractivity contribution in [3.63, 3.8) is 0 Å². The van der Waals surface area contributed by atoms with Crippen LogP contribution in [-0.2, 0) is 9.59 Å². The Morgan fingerprint density at radius 3 is 2.80 bits per heavy atom. The van der Waals surface area contributed by atoms with Gasteiger partial charge in [-0.15, -0.1) is 0 Å². The summed E-state index contributed by atoms with van der Waals surface area (Å²) in [5.41, 5.74) is 4.75. The molecule has 0 aromatic carbocycles. The van der Waals surface area contributed by atoms with Gasteiger partial charge in [0.25, 0.3) is 0 Å². The third kappa shape index (κ3) is 4.41. The fourth-order valence-electron chi connectivity index (χ4n) is 1.37. The molecule has 0 aromatic heterocycles. The van der Waals surface area contributed by atoms with Crippen molar-refractivity contribution in [2.45, 2.75) is 18.9 Å². The standard InChI is InChI=1S/C8H14N4O3/c9-8(15)12-7(14)4-10-3-5-1-2-6(13)11-5/h5,10H,1-4H2,(H,11,13)(H3,9,12,14,15). The third-order valence-electron chi connectivity index (χ3n) is 2.02. The topological polar surface area (TPSA) is 113 Å². The number of nitrogens with two attached hydrogens (primary N) is 1. The van der Waals surface area contributed by atoms with E-state index in [0.717, 1.165) is 6.42 Å². The van der Waals surface area contributed by atoms with Gasteiger partial charge in [-0.05, 0) is 6.42 Å². The second-order valence-electron chi connectivity index (χ2n) is 3.35. The van der Waals surface area contributed by atoms with E-state index in [1.54, 1.807) is 0 Å². The molecule has 4 amide bonds. The van der Waals surface area contributed by atoms with Gasteiger partial charge in [-0.2, -0.15) is 0 Å². The number of hydrogen-bond donors (Lipinski definition) is 4. The highest BCUT2D eigenvalue weighted by Gasteiger charge is 2.20. The molecule has 0 spiro atoms. The summed E-state index contributed by atoms with van der Waals surface area (Å²) in [5, 5.41) is 7.49. The number of carbonyl (C=O) groups is 3. The zero-order valence-electron chi connectivity index (χ0n) is 8.21. The van der Waals surface area contributed by atoms with Crippen LogP contribution in [0.25, 0.3) is 0 Å². The Morgan fingerprint density at radius 1 is 1.53 bits per heavy atom. The Bertz CT molecular complexity index is 279. The summed E-state index contributed by atoms with van der Waals surface area (Å²) in [6.45, 7) is 0.521. The summed E-state index contributed by atoms with van der Waals surface area (Å²) in [7, 11) is 0. The Kier molecular flexibility index (Phi) is 4.04.